The molecule has 0 aromatic carbocycles. The van der Waals surface area contributed by atoms with Crippen molar-refractivity contribution in [2.75, 3.05) is 32.7 Å². The molecule has 0 saturated carbocycles. The average Bonchev–Trinajstić information content (AvgIpc) is 2.23. The van der Waals surface area contributed by atoms with E-state index >= 15 is 0 Å². The zero-order valence-corrected chi connectivity index (χ0v) is 9.41. The summed E-state index contributed by atoms with van der Waals surface area (Å²) in [4.78, 5) is 8.52. The van der Waals surface area contributed by atoms with Gasteiger partial charge in [0.2, 0.25) is 0 Å². The molecule has 0 saturated heterocycles. The third-order valence-corrected chi connectivity index (χ3v) is 1.82. The highest BCUT2D eigenvalue weighted by molar-refractivity contribution is 5.34. The summed E-state index contributed by atoms with van der Waals surface area (Å²) in [6, 6.07) is 1.89. The lowest BCUT2D eigenvalue weighted by molar-refractivity contribution is 0.0586. The van der Waals surface area contributed by atoms with Gasteiger partial charge in [-0.1, -0.05) is 0 Å². The molecule has 0 aliphatic heterocycles. The zero-order chi connectivity index (χ0) is 11.1. The van der Waals surface area contributed by atoms with Crippen LogP contribution < -0.4 is 5.32 Å². The molecule has 5 nitrogen and oxygen atoms in total. The van der Waals surface area contributed by atoms with Crippen molar-refractivity contribution in [3.05, 3.63) is 17.6 Å². The Morgan fingerprint density at radius 2 is 2.13 bits per heavy atom. The molecule has 0 fully saturated rings. The van der Waals surface area contributed by atoms with Crippen LogP contribution in [-0.4, -0.2) is 37.3 Å². The van der Waals surface area contributed by atoms with Crippen molar-refractivity contribution >= 4 is 5.82 Å². The quantitative estimate of drug-likeness (QED) is 0.711. The van der Waals surface area contributed by atoms with Crippen molar-refractivity contribution < 1.29 is 9.47 Å². The van der Waals surface area contributed by atoms with E-state index in [0.717, 1.165) is 11.5 Å². The molecule has 0 radical (unpaired) electrons. The van der Waals surface area contributed by atoms with Crippen molar-refractivity contribution in [2.45, 2.75) is 13.5 Å². The van der Waals surface area contributed by atoms with Crippen LogP contribution in [0.2, 0.25) is 0 Å². The van der Waals surface area contributed by atoms with Gasteiger partial charge in [-0.3, -0.25) is 0 Å². The van der Waals surface area contributed by atoms with Gasteiger partial charge >= 0.3 is 0 Å². The Balaban J connectivity index is 2.49. The second-order valence-corrected chi connectivity index (χ2v) is 3.11. The average molecular weight is 211 g/mol. The predicted octanol–water partition coefficient (Wildman–Crippen LogP) is 0.990. The number of aromatic nitrogens is 2. The van der Waals surface area contributed by atoms with E-state index in [0.29, 0.717) is 25.6 Å². The van der Waals surface area contributed by atoms with Gasteiger partial charge in [0, 0.05) is 25.9 Å². The van der Waals surface area contributed by atoms with E-state index < -0.39 is 0 Å². The minimum atomic E-state index is 0.416. The van der Waals surface area contributed by atoms with Crippen LogP contribution in [0.25, 0.3) is 0 Å². The van der Waals surface area contributed by atoms with E-state index in [9.17, 15) is 0 Å². The van der Waals surface area contributed by atoms with Gasteiger partial charge in [-0.2, -0.15) is 0 Å². The third kappa shape index (κ3) is 4.22. The summed E-state index contributed by atoms with van der Waals surface area (Å²) in [6.45, 7) is 3.49. The molecule has 1 heterocycles. The molecule has 1 rings (SSSR count). The van der Waals surface area contributed by atoms with E-state index in [-0.39, 0.29) is 0 Å². The number of hydrogen-bond acceptors (Lipinski definition) is 5. The largest absolute Gasteiger partial charge is 0.382 e. The molecule has 0 bridgehead atoms. The molecule has 1 aromatic heterocycles. The summed E-state index contributed by atoms with van der Waals surface area (Å²) in [5.74, 6) is 1.50. The number of nitrogens with zero attached hydrogens (tertiary/aromatic N) is 2. The Labute approximate surface area is 89.8 Å². The van der Waals surface area contributed by atoms with Crippen molar-refractivity contribution in [2.24, 2.45) is 0 Å². The summed E-state index contributed by atoms with van der Waals surface area (Å²) in [7, 11) is 3.48. The first-order valence-corrected chi connectivity index (χ1v) is 4.85. The molecule has 15 heavy (non-hydrogen) atoms. The maximum absolute atomic E-state index is 5.34. The number of methoxy groups -OCH3 is 1. The first kappa shape index (κ1) is 11.9. The van der Waals surface area contributed by atoms with Crippen LogP contribution in [-0.2, 0) is 16.1 Å². The van der Waals surface area contributed by atoms with Crippen LogP contribution in [0.15, 0.2) is 6.07 Å². The van der Waals surface area contributed by atoms with Gasteiger partial charge in [0.05, 0.1) is 13.2 Å². The Bertz CT molecular complexity index is 305. The SMILES string of the molecule is CNc1cc(C)nc(COCCOC)n1. The fourth-order valence-electron chi connectivity index (χ4n) is 1.13. The summed E-state index contributed by atoms with van der Waals surface area (Å²) in [6.07, 6.45) is 0. The number of ether oxygens (including phenoxy) is 2. The standard InChI is InChI=1S/C10H17N3O2/c1-8-6-9(11-2)13-10(12-8)7-15-5-4-14-3/h6H,4-5,7H2,1-3H3,(H,11,12,13). The third-order valence-electron chi connectivity index (χ3n) is 1.82. The molecular weight excluding hydrogens is 194 g/mol. The summed E-state index contributed by atoms with van der Waals surface area (Å²) in [5.41, 5.74) is 0.930. The van der Waals surface area contributed by atoms with Crippen LogP contribution in [0, 0.1) is 6.92 Å². The van der Waals surface area contributed by atoms with Crippen molar-refractivity contribution in [3.8, 4) is 0 Å². The van der Waals surface area contributed by atoms with Crippen LogP contribution in [0.1, 0.15) is 11.5 Å². The number of aryl methyl sites for hydroxylation is 1. The highest BCUT2D eigenvalue weighted by atomic mass is 16.5. The molecule has 0 unspecified atom stereocenters. The Morgan fingerprint density at radius 3 is 2.80 bits per heavy atom. The Morgan fingerprint density at radius 1 is 1.33 bits per heavy atom. The van der Waals surface area contributed by atoms with Gasteiger partial charge in [-0.05, 0) is 6.92 Å². The van der Waals surface area contributed by atoms with Crippen LogP contribution >= 0.6 is 0 Å². The second-order valence-electron chi connectivity index (χ2n) is 3.11. The number of anilines is 1. The second kappa shape index (κ2) is 6.31. The predicted molar refractivity (Wildman–Crippen MR) is 57.8 cm³/mol. The molecule has 1 N–H and O–H groups in total. The molecular formula is C10H17N3O2. The summed E-state index contributed by atoms with van der Waals surface area (Å²) >= 11 is 0. The fourth-order valence-corrected chi connectivity index (χ4v) is 1.13. The highest BCUT2D eigenvalue weighted by Gasteiger charge is 2.00. The van der Waals surface area contributed by atoms with Gasteiger partial charge < -0.3 is 14.8 Å². The summed E-state index contributed by atoms with van der Waals surface area (Å²) in [5, 5.41) is 2.98. The molecule has 0 spiro atoms. The van der Waals surface area contributed by atoms with Gasteiger partial charge in [0.1, 0.15) is 12.4 Å². The smallest absolute Gasteiger partial charge is 0.156 e. The highest BCUT2D eigenvalue weighted by Crippen LogP contribution is 2.05. The number of rotatable bonds is 6. The molecule has 1 aromatic rings. The van der Waals surface area contributed by atoms with Crippen LogP contribution in [0.5, 0.6) is 0 Å². The lowest BCUT2D eigenvalue weighted by atomic mass is 10.4. The van der Waals surface area contributed by atoms with E-state index in [1.807, 2.05) is 20.0 Å². The van der Waals surface area contributed by atoms with E-state index in [4.69, 9.17) is 9.47 Å². The molecule has 0 aliphatic carbocycles. The van der Waals surface area contributed by atoms with E-state index in [1.165, 1.54) is 0 Å². The molecule has 0 aliphatic rings. The Hall–Kier alpha value is -1.20. The fraction of sp³-hybridized carbons (Fsp3) is 0.600. The van der Waals surface area contributed by atoms with E-state index in [2.05, 4.69) is 15.3 Å². The number of nitrogens with one attached hydrogen (secondary N) is 1. The normalized spacial score (nSPS) is 10.3. The minimum absolute atomic E-state index is 0.416. The zero-order valence-electron chi connectivity index (χ0n) is 9.41. The lowest BCUT2D eigenvalue weighted by Gasteiger charge is -2.06. The maximum Gasteiger partial charge on any atom is 0.156 e. The topological polar surface area (TPSA) is 56.3 Å². The van der Waals surface area contributed by atoms with Gasteiger partial charge in [0.25, 0.3) is 0 Å². The Kier molecular flexibility index (Phi) is 5.00. The molecule has 84 valence electrons. The molecule has 0 amide bonds. The van der Waals surface area contributed by atoms with E-state index in [1.54, 1.807) is 7.11 Å². The van der Waals surface area contributed by atoms with Crippen molar-refractivity contribution in [1.29, 1.82) is 0 Å². The van der Waals surface area contributed by atoms with Crippen LogP contribution in [0.3, 0.4) is 0 Å². The number of hydrogen-bond donors (Lipinski definition) is 1. The lowest BCUT2D eigenvalue weighted by Crippen LogP contribution is -2.06. The van der Waals surface area contributed by atoms with Crippen molar-refractivity contribution in [1.82, 2.24) is 9.97 Å². The molecule has 5 heteroatoms. The maximum atomic E-state index is 5.34. The van der Waals surface area contributed by atoms with Crippen molar-refractivity contribution in [3.63, 3.8) is 0 Å². The molecule has 0 atom stereocenters. The monoisotopic (exact) mass is 211 g/mol. The first-order valence-electron chi connectivity index (χ1n) is 4.85. The first-order chi connectivity index (χ1) is 7.26. The van der Waals surface area contributed by atoms with Gasteiger partial charge in [-0.25, -0.2) is 9.97 Å². The minimum Gasteiger partial charge on any atom is -0.382 e. The van der Waals surface area contributed by atoms with Crippen LogP contribution in [0.4, 0.5) is 5.82 Å². The van der Waals surface area contributed by atoms with Gasteiger partial charge in [0.15, 0.2) is 5.82 Å². The summed E-state index contributed by atoms with van der Waals surface area (Å²) < 4.78 is 10.2. The van der Waals surface area contributed by atoms with Gasteiger partial charge in [-0.15, -0.1) is 0 Å².